The number of rotatable bonds is 5. The molecule has 0 unspecified atom stereocenters. The predicted octanol–water partition coefficient (Wildman–Crippen LogP) is 2.76. The zero-order chi connectivity index (χ0) is 15.2. The first-order valence-electron chi connectivity index (χ1n) is 6.23. The van der Waals surface area contributed by atoms with Gasteiger partial charge in [-0.05, 0) is 42.0 Å². The molecule has 0 saturated carbocycles. The van der Waals surface area contributed by atoms with Gasteiger partial charge < -0.3 is 15.8 Å². The fourth-order valence-electron chi connectivity index (χ4n) is 1.61. The van der Waals surface area contributed by atoms with E-state index in [9.17, 15) is 9.18 Å². The van der Waals surface area contributed by atoms with E-state index in [2.05, 4.69) is 5.32 Å². The molecule has 2 aromatic rings. The van der Waals surface area contributed by atoms with Crippen molar-refractivity contribution >= 4 is 23.2 Å². The van der Waals surface area contributed by atoms with Crippen LogP contribution in [0.3, 0.4) is 0 Å². The molecule has 0 saturated heterocycles. The first-order valence-corrected chi connectivity index (χ1v) is 6.61. The van der Waals surface area contributed by atoms with Gasteiger partial charge in [0, 0.05) is 12.2 Å². The first kappa shape index (κ1) is 15.1. The zero-order valence-electron chi connectivity index (χ0n) is 11.1. The summed E-state index contributed by atoms with van der Waals surface area (Å²) in [5, 5.41) is 2.69. The van der Waals surface area contributed by atoms with Crippen molar-refractivity contribution in [3.63, 3.8) is 0 Å². The van der Waals surface area contributed by atoms with Gasteiger partial charge in [0.05, 0.1) is 5.02 Å². The summed E-state index contributed by atoms with van der Waals surface area (Å²) in [7, 11) is 0. The molecule has 3 N–H and O–H groups in total. The molecule has 0 radical (unpaired) electrons. The molecule has 0 aliphatic carbocycles. The van der Waals surface area contributed by atoms with Gasteiger partial charge in [0.25, 0.3) is 5.91 Å². The molecule has 2 aromatic carbocycles. The molecule has 21 heavy (non-hydrogen) atoms. The standard InChI is InChI=1S/C15H14ClFN2O2/c16-13-7-10(1-6-14(13)17)8-19-15(20)9-21-12-4-2-11(18)3-5-12/h1-7H,8-9,18H2,(H,19,20). The Morgan fingerprint density at radius 2 is 1.95 bits per heavy atom. The number of benzene rings is 2. The molecule has 110 valence electrons. The Hall–Kier alpha value is -2.27. The van der Waals surface area contributed by atoms with E-state index in [-0.39, 0.29) is 24.1 Å². The normalized spacial score (nSPS) is 10.2. The van der Waals surface area contributed by atoms with Crippen molar-refractivity contribution in [2.75, 3.05) is 12.3 Å². The molecule has 1 amide bonds. The summed E-state index contributed by atoms with van der Waals surface area (Å²) >= 11 is 5.66. The van der Waals surface area contributed by atoms with Gasteiger partial charge in [0.1, 0.15) is 11.6 Å². The number of ether oxygens (including phenoxy) is 1. The Kier molecular flexibility index (Phi) is 5.00. The summed E-state index contributed by atoms with van der Waals surface area (Å²) < 4.78 is 18.3. The molecule has 0 aliphatic heterocycles. The van der Waals surface area contributed by atoms with Gasteiger partial charge in [-0.3, -0.25) is 4.79 Å². The molecule has 0 aromatic heterocycles. The van der Waals surface area contributed by atoms with Crippen LogP contribution in [0.2, 0.25) is 5.02 Å². The summed E-state index contributed by atoms with van der Waals surface area (Å²) in [6, 6.07) is 11.0. The van der Waals surface area contributed by atoms with Crippen molar-refractivity contribution in [3.05, 3.63) is 58.9 Å². The van der Waals surface area contributed by atoms with Gasteiger partial charge in [-0.1, -0.05) is 17.7 Å². The molecular weight excluding hydrogens is 295 g/mol. The molecule has 6 heteroatoms. The van der Waals surface area contributed by atoms with Crippen LogP contribution in [-0.2, 0) is 11.3 Å². The van der Waals surface area contributed by atoms with Crippen LogP contribution in [0, 0.1) is 5.82 Å². The Labute approximate surface area is 126 Å². The van der Waals surface area contributed by atoms with E-state index in [1.807, 2.05) is 0 Å². The van der Waals surface area contributed by atoms with E-state index < -0.39 is 5.82 Å². The largest absolute Gasteiger partial charge is 0.484 e. The third-order valence-corrected chi connectivity index (χ3v) is 3.01. The van der Waals surface area contributed by atoms with E-state index in [1.165, 1.54) is 12.1 Å². The third-order valence-electron chi connectivity index (χ3n) is 2.72. The first-order chi connectivity index (χ1) is 10.0. The van der Waals surface area contributed by atoms with Gasteiger partial charge in [-0.15, -0.1) is 0 Å². The van der Waals surface area contributed by atoms with Gasteiger partial charge >= 0.3 is 0 Å². The molecule has 0 spiro atoms. The quantitative estimate of drug-likeness (QED) is 0.835. The highest BCUT2D eigenvalue weighted by molar-refractivity contribution is 6.30. The molecule has 0 heterocycles. The third kappa shape index (κ3) is 4.65. The van der Waals surface area contributed by atoms with Crippen molar-refractivity contribution in [1.82, 2.24) is 5.32 Å². The van der Waals surface area contributed by atoms with Crippen molar-refractivity contribution in [3.8, 4) is 5.75 Å². The maximum atomic E-state index is 13.0. The maximum absolute atomic E-state index is 13.0. The van der Waals surface area contributed by atoms with Crippen molar-refractivity contribution in [2.45, 2.75) is 6.54 Å². The molecule has 4 nitrogen and oxygen atoms in total. The smallest absolute Gasteiger partial charge is 0.258 e. The van der Waals surface area contributed by atoms with Crippen LogP contribution >= 0.6 is 11.6 Å². The van der Waals surface area contributed by atoms with Crippen LogP contribution in [0.25, 0.3) is 0 Å². The average molecular weight is 309 g/mol. The minimum atomic E-state index is -0.488. The topological polar surface area (TPSA) is 64.3 Å². The van der Waals surface area contributed by atoms with Crippen molar-refractivity contribution in [1.29, 1.82) is 0 Å². The van der Waals surface area contributed by atoms with E-state index in [4.69, 9.17) is 22.1 Å². The van der Waals surface area contributed by atoms with Crippen molar-refractivity contribution < 1.29 is 13.9 Å². The highest BCUT2D eigenvalue weighted by Crippen LogP contribution is 2.16. The highest BCUT2D eigenvalue weighted by Gasteiger charge is 2.05. The van der Waals surface area contributed by atoms with Crippen LogP contribution in [0.15, 0.2) is 42.5 Å². The average Bonchev–Trinajstić information content (AvgIpc) is 2.48. The molecular formula is C15H14ClFN2O2. The number of carbonyl (C=O) groups excluding carboxylic acids is 1. The van der Waals surface area contributed by atoms with E-state index in [0.29, 0.717) is 17.0 Å². The second-order valence-electron chi connectivity index (χ2n) is 4.38. The van der Waals surface area contributed by atoms with Crippen LogP contribution < -0.4 is 15.8 Å². The molecule has 0 fully saturated rings. The SMILES string of the molecule is Nc1ccc(OCC(=O)NCc2ccc(F)c(Cl)c2)cc1. The van der Waals surface area contributed by atoms with Crippen molar-refractivity contribution in [2.24, 2.45) is 0 Å². The number of amides is 1. The summed E-state index contributed by atoms with van der Waals surface area (Å²) in [6.45, 7) is 0.142. The van der Waals surface area contributed by atoms with Gasteiger partial charge in [-0.25, -0.2) is 4.39 Å². The molecule has 2 rings (SSSR count). The van der Waals surface area contributed by atoms with E-state index in [1.54, 1.807) is 30.3 Å². The lowest BCUT2D eigenvalue weighted by Gasteiger charge is -2.08. The minimum Gasteiger partial charge on any atom is -0.484 e. The van der Waals surface area contributed by atoms with Gasteiger partial charge in [0.15, 0.2) is 6.61 Å². The lowest BCUT2D eigenvalue weighted by molar-refractivity contribution is -0.123. The number of carbonyl (C=O) groups is 1. The monoisotopic (exact) mass is 308 g/mol. The fourth-order valence-corrected chi connectivity index (χ4v) is 1.82. The summed E-state index contributed by atoms with van der Waals surface area (Å²) in [4.78, 5) is 11.6. The number of anilines is 1. The molecule has 0 aliphatic rings. The Bertz CT molecular complexity index is 632. The van der Waals surface area contributed by atoms with Crippen LogP contribution in [-0.4, -0.2) is 12.5 Å². The predicted molar refractivity (Wildman–Crippen MR) is 79.6 cm³/mol. The maximum Gasteiger partial charge on any atom is 0.258 e. The Balaban J connectivity index is 1.79. The minimum absolute atomic E-state index is 0.0277. The molecule has 0 atom stereocenters. The number of hydrogen-bond donors (Lipinski definition) is 2. The number of nitrogen functional groups attached to an aromatic ring is 1. The fraction of sp³-hybridized carbons (Fsp3) is 0.133. The second kappa shape index (κ2) is 6.95. The van der Waals surface area contributed by atoms with E-state index >= 15 is 0 Å². The number of hydrogen-bond acceptors (Lipinski definition) is 3. The Morgan fingerprint density at radius 3 is 2.62 bits per heavy atom. The van der Waals surface area contributed by atoms with Gasteiger partial charge in [-0.2, -0.15) is 0 Å². The highest BCUT2D eigenvalue weighted by atomic mass is 35.5. The second-order valence-corrected chi connectivity index (χ2v) is 4.79. The van der Waals surface area contributed by atoms with E-state index in [0.717, 1.165) is 0 Å². The number of nitrogens with one attached hydrogen (secondary N) is 1. The van der Waals surface area contributed by atoms with Crippen LogP contribution in [0.4, 0.5) is 10.1 Å². The van der Waals surface area contributed by atoms with Crippen LogP contribution in [0.1, 0.15) is 5.56 Å². The Morgan fingerprint density at radius 1 is 1.24 bits per heavy atom. The lowest BCUT2D eigenvalue weighted by Crippen LogP contribution is -2.28. The summed E-state index contributed by atoms with van der Waals surface area (Å²) in [5.41, 5.74) is 6.88. The summed E-state index contributed by atoms with van der Waals surface area (Å²) in [6.07, 6.45) is 0. The zero-order valence-corrected chi connectivity index (χ0v) is 11.9. The summed E-state index contributed by atoms with van der Waals surface area (Å²) in [5.74, 6) is -0.213. The lowest BCUT2D eigenvalue weighted by atomic mass is 10.2. The number of halogens is 2. The molecule has 0 bridgehead atoms. The number of nitrogens with two attached hydrogens (primary N) is 1. The van der Waals surface area contributed by atoms with Gasteiger partial charge in [0.2, 0.25) is 0 Å². The van der Waals surface area contributed by atoms with Crippen LogP contribution in [0.5, 0.6) is 5.75 Å².